The van der Waals surface area contributed by atoms with Crippen molar-refractivity contribution in [2.75, 3.05) is 32.9 Å². The van der Waals surface area contributed by atoms with Crippen molar-refractivity contribution in [1.29, 1.82) is 0 Å². The molecule has 1 aliphatic rings. The summed E-state index contributed by atoms with van der Waals surface area (Å²) in [6, 6.07) is 7.40. The van der Waals surface area contributed by atoms with Crippen LogP contribution in [0.15, 0.2) is 47.9 Å². The largest absolute Gasteiger partial charge is 0.454 e. The van der Waals surface area contributed by atoms with Crippen molar-refractivity contribution in [3.63, 3.8) is 0 Å². The number of nitrogens with zero attached hydrogens (tertiary/aromatic N) is 2. The molecule has 0 radical (unpaired) electrons. The molecule has 0 atom stereocenters. The number of hydrogen-bond acceptors (Lipinski definition) is 6. The maximum absolute atomic E-state index is 12.8. The third kappa shape index (κ3) is 4.95. The summed E-state index contributed by atoms with van der Waals surface area (Å²) in [5.74, 6) is -1.08. The van der Waals surface area contributed by atoms with E-state index in [1.54, 1.807) is 12.1 Å². The summed E-state index contributed by atoms with van der Waals surface area (Å²) < 4.78 is 39.2. The molecule has 3 rings (SSSR count). The van der Waals surface area contributed by atoms with E-state index in [1.807, 2.05) is 18.4 Å². The molecule has 9 heteroatoms. The van der Waals surface area contributed by atoms with Gasteiger partial charge >= 0.3 is 5.97 Å². The Hall–Kier alpha value is -2.75. The topological polar surface area (TPSA) is 94.9 Å². The first-order valence-electron chi connectivity index (χ1n) is 9.91. The van der Waals surface area contributed by atoms with Crippen LogP contribution >= 0.6 is 0 Å². The maximum Gasteiger partial charge on any atom is 0.338 e. The van der Waals surface area contributed by atoms with E-state index in [2.05, 4.69) is 6.58 Å². The third-order valence-corrected chi connectivity index (χ3v) is 7.09. The Morgan fingerprint density at radius 1 is 1.19 bits per heavy atom. The van der Waals surface area contributed by atoms with Crippen molar-refractivity contribution >= 4 is 21.8 Å². The Kier molecular flexibility index (Phi) is 7.09. The summed E-state index contributed by atoms with van der Waals surface area (Å²) in [4.78, 5) is 25.1. The zero-order chi connectivity index (χ0) is 22.6. The van der Waals surface area contributed by atoms with Crippen LogP contribution in [-0.2, 0) is 26.0 Å². The first-order chi connectivity index (χ1) is 14.8. The molecule has 0 saturated carbocycles. The zero-order valence-corrected chi connectivity index (χ0v) is 18.5. The molecule has 1 aromatic carbocycles. The second-order valence-electron chi connectivity index (χ2n) is 7.23. The fourth-order valence-electron chi connectivity index (χ4n) is 3.51. The molecule has 0 amide bonds. The lowest BCUT2D eigenvalue weighted by atomic mass is 10.1. The monoisotopic (exact) mass is 446 g/mol. The van der Waals surface area contributed by atoms with Crippen molar-refractivity contribution in [3.05, 3.63) is 65.5 Å². The predicted octanol–water partition coefficient (Wildman–Crippen LogP) is 2.35. The lowest BCUT2D eigenvalue weighted by Gasteiger charge is -2.26. The van der Waals surface area contributed by atoms with E-state index in [0.717, 1.165) is 11.4 Å². The highest BCUT2D eigenvalue weighted by molar-refractivity contribution is 7.89. The number of carbonyl (C=O) groups excluding carboxylic acids is 2. The number of aryl methyl sites for hydroxylation is 1. The summed E-state index contributed by atoms with van der Waals surface area (Å²) in [6.07, 6.45) is 1.74. The van der Waals surface area contributed by atoms with E-state index in [9.17, 15) is 18.0 Å². The van der Waals surface area contributed by atoms with Gasteiger partial charge in [0, 0.05) is 36.6 Å². The van der Waals surface area contributed by atoms with Crippen LogP contribution in [0.1, 0.15) is 32.1 Å². The highest BCUT2D eigenvalue weighted by Crippen LogP contribution is 2.20. The zero-order valence-electron chi connectivity index (χ0n) is 17.7. The number of carbonyl (C=O) groups is 2. The summed E-state index contributed by atoms with van der Waals surface area (Å²) in [5.41, 5.74) is 2.24. The van der Waals surface area contributed by atoms with Gasteiger partial charge in [-0.1, -0.05) is 12.1 Å². The Morgan fingerprint density at radius 2 is 1.90 bits per heavy atom. The number of sulfonamides is 1. The molecule has 1 fully saturated rings. The fraction of sp³-hybridized carbons (Fsp3) is 0.364. The number of esters is 1. The van der Waals surface area contributed by atoms with Gasteiger partial charge in [-0.3, -0.25) is 4.79 Å². The van der Waals surface area contributed by atoms with Crippen LogP contribution in [0, 0.1) is 13.8 Å². The molecule has 1 aromatic heterocycles. The Bertz CT molecular complexity index is 1100. The van der Waals surface area contributed by atoms with E-state index >= 15 is 0 Å². The van der Waals surface area contributed by atoms with E-state index in [-0.39, 0.29) is 29.3 Å². The van der Waals surface area contributed by atoms with Gasteiger partial charge in [-0.2, -0.15) is 4.31 Å². The number of allylic oxidation sites excluding steroid dienone is 1. The minimum absolute atomic E-state index is 0.00291. The molecule has 1 aliphatic heterocycles. The number of aromatic nitrogens is 1. The van der Waals surface area contributed by atoms with E-state index in [0.29, 0.717) is 25.3 Å². The Morgan fingerprint density at radius 3 is 2.58 bits per heavy atom. The number of rotatable bonds is 8. The number of ketones is 1. The van der Waals surface area contributed by atoms with Crippen LogP contribution in [0.5, 0.6) is 0 Å². The molecular weight excluding hydrogens is 420 g/mol. The van der Waals surface area contributed by atoms with Crippen molar-refractivity contribution in [2.45, 2.75) is 25.3 Å². The molecule has 166 valence electrons. The number of Topliss-reactive ketones (excluding diaryl/α,β-unsaturated/α-hetero) is 1. The van der Waals surface area contributed by atoms with Crippen LogP contribution in [-0.4, -0.2) is 62.0 Å². The van der Waals surface area contributed by atoms with Crippen molar-refractivity contribution < 1.29 is 27.5 Å². The highest BCUT2D eigenvalue weighted by Gasteiger charge is 2.27. The molecular formula is C22H26N2O6S. The minimum atomic E-state index is -3.74. The van der Waals surface area contributed by atoms with Gasteiger partial charge < -0.3 is 14.0 Å². The van der Waals surface area contributed by atoms with Crippen molar-refractivity contribution in [1.82, 2.24) is 8.87 Å². The summed E-state index contributed by atoms with van der Waals surface area (Å²) >= 11 is 0. The van der Waals surface area contributed by atoms with Crippen LogP contribution < -0.4 is 0 Å². The van der Waals surface area contributed by atoms with Gasteiger partial charge in [0.1, 0.15) is 0 Å². The van der Waals surface area contributed by atoms with Gasteiger partial charge in [0.15, 0.2) is 6.61 Å². The van der Waals surface area contributed by atoms with Crippen LogP contribution in [0.25, 0.3) is 0 Å². The molecule has 2 heterocycles. The first-order valence-corrected chi connectivity index (χ1v) is 11.4. The van der Waals surface area contributed by atoms with Gasteiger partial charge in [-0.05, 0) is 38.1 Å². The van der Waals surface area contributed by atoms with Gasteiger partial charge in [-0.15, -0.1) is 6.58 Å². The number of morpholine rings is 1. The van der Waals surface area contributed by atoms with Gasteiger partial charge in [-0.25, -0.2) is 13.2 Å². The van der Waals surface area contributed by atoms with E-state index < -0.39 is 22.6 Å². The lowest BCUT2D eigenvalue weighted by molar-refractivity contribution is 0.0474. The second-order valence-corrected chi connectivity index (χ2v) is 9.17. The Labute approximate surface area is 182 Å². The summed E-state index contributed by atoms with van der Waals surface area (Å²) in [5, 5.41) is 0. The summed E-state index contributed by atoms with van der Waals surface area (Å²) in [7, 11) is -3.74. The average molecular weight is 447 g/mol. The minimum Gasteiger partial charge on any atom is -0.454 e. The average Bonchev–Trinajstić information content (AvgIpc) is 3.06. The second kappa shape index (κ2) is 9.59. The van der Waals surface area contributed by atoms with Gasteiger partial charge in [0.2, 0.25) is 15.8 Å². The first kappa shape index (κ1) is 22.9. The molecule has 0 bridgehead atoms. The van der Waals surface area contributed by atoms with Crippen molar-refractivity contribution in [2.24, 2.45) is 0 Å². The number of benzene rings is 1. The molecule has 2 aromatic rings. The highest BCUT2D eigenvalue weighted by atomic mass is 32.2. The van der Waals surface area contributed by atoms with Crippen LogP contribution in [0.3, 0.4) is 0 Å². The van der Waals surface area contributed by atoms with Crippen LogP contribution in [0.2, 0.25) is 0 Å². The maximum atomic E-state index is 12.8. The molecule has 8 nitrogen and oxygen atoms in total. The van der Waals surface area contributed by atoms with Gasteiger partial charge in [0.25, 0.3) is 0 Å². The third-order valence-electron chi connectivity index (χ3n) is 5.20. The summed E-state index contributed by atoms with van der Waals surface area (Å²) in [6.45, 7) is 8.75. The molecule has 0 aliphatic carbocycles. The quantitative estimate of drug-likeness (QED) is 0.351. The van der Waals surface area contributed by atoms with Gasteiger partial charge in [0.05, 0.1) is 23.7 Å². The molecule has 0 unspecified atom stereocenters. The van der Waals surface area contributed by atoms with Crippen LogP contribution in [0.4, 0.5) is 0 Å². The normalized spacial score (nSPS) is 14.9. The van der Waals surface area contributed by atoms with E-state index in [1.165, 1.54) is 28.6 Å². The lowest BCUT2D eigenvalue weighted by Crippen LogP contribution is -2.40. The molecule has 1 saturated heterocycles. The molecule has 0 N–H and O–H groups in total. The number of hydrogen-bond donors (Lipinski definition) is 0. The SMILES string of the molecule is C=CCn1c(C)cc(C(=O)COC(=O)c2cccc(S(=O)(=O)N3CCOCC3)c2)c1C. The van der Waals surface area contributed by atoms with E-state index in [4.69, 9.17) is 9.47 Å². The van der Waals surface area contributed by atoms with Crippen molar-refractivity contribution in [3.8, 4) is 0 Å². The predicted molar refractivity (Wildman–Crippen MR) is 115 cm³/mol. The Balaban J connectivity index is 1.70. The number of ether oxygens (including phenoxy) is 2. The fourth-order valence-corrected chi connectivity index (χ4v) is 4.96. The molecule has 0 spiro atoms. The smallest absolute Gasteiger partial charge is 0.338 e. The molecule has 31 heavy (non-hydrogen) atoms. The standard InChI is InChI=1S/C22H26N2O6S/c1-4-8-24-16(2)13-20(17(24)3)21(25)15-30-22(26)18-6-5-7-19(14-18)31(27,28)23-9-11-29-12-10-23/h4-7,13-14H,1,8-12,15H2,2-3H3.